The summed E-state index contributed by atoms with van der Waals surface area (Å²) in [6.45, 7) is 4.62. The number of anilines is 1. The molecule has 1 unspecified atom stereocenters. The molecule has 148 valence electrons. The third kappa shape index (κ3) is 5.35. The Bertz CT molecular complexity index is 764. The highest BCUT2D eigenvalue weighted by molar-refractivity contribution is 5.90. The molecule has 3 amide bonds. The third-order valence-corrected chi connectivity index (χ3v) is 5.10. The van der Waals surface area contributed by atoms with Crippen LogP contribution in [0.5, 0.6) is 0 Å². The Balaban J connectivity index is 1.62. The number of benzene rings is 2. The minimum atomic E-state index is -0.134. The van der Waals surface area contributed by atoms with E-state index in [4.69, 9.17) is 0 Å². The molecule has 0 spiro atoms. The van der Waals surface area contributed by atoms with Crippen LogP contribution in [0.1, 0.15) is 31.7 Å². The Morgan fingerprint density at radius 3 is 2.43 bits per heavy atom. The first kappa shape index (κ1) is 19.9. The number of piperidine rings is 1. The van der Waals surface area contributed by atoms with Gasteiger partial charge in [-0.2, -0.15) is 0 Å². The second kappa shape index (κ2) is 9.93. The van der Waals surface area contributed by atoms with Gasteiger partial charge in [0.1, 0.15) is 0 Å². The molecule has 5 nitrogen and oxygen atoms in total. The average Bonchev–Trinajstić information content (AvgIpc) is 2.74. The normalized spacial score (nSPS) is 16.5. The number of hydrogen-bond acceptors (Lipinski definition) is 2. The molecular weight excluding hydrogens is 350 g/mol. The van der Waals surface area contributed by atoms with Gasteiger partial charge in [0.05, 0.1) is 5.92 Å². The number of nitrogens with zero attached hydrogens (tertiary/aromatic N) is 2. The molecule has 3 rings (SSSR count). The van der Waals surface area contributed by atoms with E-state index in [1.807, 2.05) is 53.4 Å². The van der Waals surface area contributed by atoms with Crippen LogP contribution in [0.15, 0.2) is 60.7 Å². The summed E-state index contributed by atoms with van der Waals surface area (Å²) in [7, 11) is 0. The topological polar surface area (TPSA) is 52.7 Å². The molecule has 1 heterocycles. The molecule has 0 aromatic heterocycles. The van der Waals surface area contributed by atoms with Crippen LogP contribution >= 0.6 is 0 Å². The molecule has 1 atom stereocenters. The third-order valence-electron chi connectivity index (χ3n) is 5.10. The summed E-state index contributed by atoms with van der Waals surface area (Å²) in [6, 6.07) is 19.4. The average molecular weight is 380 g/mol. The summed E-state index contributed by atoms with van der Waals surface area (Å²) in [5.41, 5.74) is 1.91. The lowest BCUT2D eigenvalue weighted by atomic mass is 9.96. The lowest BCUT2D eigenvalue weighted by Crippen LogP contribution is -2.48. The van der Waals surface area contributed by atoms with Gasteiger partial charge in [0.25, 0.3) is 0 Å². The molecular formula is C23H29N3O2. The molecule has 1 saturated heterocycles. The van der Waals surface area contributed by atoms with Crippen LogP contribution in [0.25, 0.3) is 0 Å². The number of urea groups is 1. The van der Waals surface area contributed by atoms with Gasteiger partial charge in [-0.15, -0.1) is 0 Å². The van der Waals surface area contributed by atoms with E-state index >= 15 is 0 Å². The van der Waals surface area contributed by atoms with Gasteiger partial charge in [-0.1, -0.05) is 55.5 Å². The molecule has 5 heteroatoms. The molecule has 2 aromatic rings. The lowest BCUT2D eigenvalue weighted by Gasteiger charge is -2.35. The van der Waals surface area contributed by atoms with Crippen LogP contribution in [0.4, 0.5) is 10.5 Å². The number of para-hydroxylation sites is 1. The van der Waals surface area contributed by atoms with E-state index in [1.165, 1.54) is 0 Å². The van der Waals surface area contributed by atoms with Crippen molar-refractivity contribution < 1.29 is 9.59 Å². The fourth-order valence-electron chi connectivity index (χ4n) is 3.69. The summed E-state index contributed by atoms with van der Waals surface area (Å²) < 4.78 is 0. The highest BCUT2D eigenvalue weighted by Crippen LogP contribution is 2.21. The molecule has 1 aliphatic rings. The van der Waals surface area contributed by atoms with Gasteiger partial charge in [-0.05, 0) is 37.0 Å². The molecule has 0 saturated carbocycles. The van der Waals surface area contributed by atoms with Gasteiger partial charge in [-0.3, -0.25) is 4.79 Å². The zero-order valence-electron chi connectivity index (χ0n) is 16.5. The summed E-state index contributed by atoms with van der Waals surface area (Å²) in [4.78, 5) is 29.5. The summed E-state index contributed by atoms with van der Waals surface area (Å²) >= 11 is 0. The predicted molar refractivity (Wildman–Crippen MR) is 112 cm³/mol. The maximum atomic E-state index is 13.2. The van der Waals surface area contributed by atoms with Crippen LogP contribution in [0.2, 0.25) is 0 Å². The first-order chi connectivity index (χ1) is 13.7. The molecule has 1 aliphatic heterocycles. The van der Waals surface area contributed by atoms with Crippen molar-refractivity contribution in [1.29, 1.82) is 0 Å². The molecule has 0 aliphatic carbocycles. The number of rotatable bonds is 6. The van der Waals surface area contributed by atoms with Crippen molar-refractivity contribution in [3.8, 4) is 0 Å². The van der Waals surface area contributed by atoms with Gasteiger partial charge in [0, 0.05) is 31.9 Å². The van der Waals surface area contributed by atoms with Crippen molar-refractivity contribution in [2.75, 3.05) is 25.0 Å². The van der Waals surface area contributed by atoms with Crippen LogP contribution in [-0.4, -0.2) is 41.4 Å². The van der Waals surface area contributed by atoms with Crippen LogP contribution in [-0.2, 0) is 11.3 Å². The summed E-state index contributed by atoms with van der Waals surface area (Å²) in [6.07, 6.45) is 2.61. The lowest BCUT2D eigenvalue weighted by molar-refractivity contribution is -0.137. The van der Waals surface area contributed by atoms with E-state index in [0.29, 0.717) is 19.6 Å². The van der Waals surface area contributed by atoms with E-state index < -0.39 is 0 Å². The van der Waals surface area contributed by atoms with Crippen molar-refractivity contribution in [2.45, 2.75) is 32.7 Å². The van der Waals surface area contributed by atoms with Crippen molar-refractivity contribution in [3.63, 3.8) is 0 Å². The van der Waals surface area contributed by atoms with Crippen molar-refractivity contribution in [1.82, 2.24) is 9.80 Å². The SMILES string of the molecule is CCCN(Cc1ccccc1)C(=O)C1CCCN(C(=O)Nc2ccccc2)C1. The minimum Gasteiger partial charge on any atom is -0.338 e. The number of carbonyl (C=O) groups excluding carboxylic acids is 2. The van der Waals surface area contributed by atoms with Gasteiger partial charge >= 0.3 is 6.03 Å². The van der Waals surface area contributed by atoms with Crippen molar-refractivity contribution in [3.05, 3.63) is 66.2 Å². The predicted octanol–water partition coefficient (Wildman–Crippen LogP) is 4.37. The quantitative estimate of drug-likeness (QED) is 0.810. The fourth-order valence-corrected chi connectivity index (χ4v) is 3.69. The first-order valence-electron chi connectivity index (χ1n) is 10.1. The van der Waals surface area contributed by atoms with Gasteiger partial charge in [0.15, 0.2) is 0 Å². The first-order valence-corrected chi connectivity index (χ1v) is 10.1. The maximum Gasteiger partial charge on any atom is 0.321 e. The van der Waals surface area contributed by atoms with Crippen LogP contribution in [0.3, 0.4) is 0 Å². The smallest absolute Gasteiger partial charge is 0.321 e. The number of hydrogen-bond donors (Lipinski definition) is 1. The molecule has 1 fully saturated rings. The molecule has 0 radical (unpaired) electrons. The highest BCUT2D eigenvalue weighted by atomic mass is 16.2. The Morgan fingerprint density at radius 1 is 1.07 bits per heavy atom. The molecule has 28 heavy (non-hydrogen) atoms. The van der Waals surface area contributed by atoms with Gasteiger partial charge in [-0.25, -0.2) is 4.79 Å². The maximum absolute atomic E-state index is 13.2. The van der Waals surface area contributed by atoms with Crippen molar-refractivity contribution >= 4 is 17.6 Å². The van der Waals surface area contributed by atoms with E-state index in [9.17, 15) is 9.59 Å². The van der Waals surface area contributed by atoms with E-state index in [-0.39, 0.29) is 17.9 Å². The monoisotopic (exact) mass is 379 g/mol. The largest absolute Gasteiger partial charge is 0.338 e. The molecule has 1 N–H and O–H groups in total. The number of nitrogens with one attached hydrogen (secondary N) is 1. The zero-order valence-corrected chi connectivity index (χ0v) is 16.5. The number of carbonyl (C=O) groups is 2. The number of likely N-dealkylation sites (tertiary alicyclic amines) is 1. The molecule has 0 bridgehead atoms. The van der Waals surface area contributed by atoms with Crippen LogP contribution in [0, 0.1) is 5.92 Å². The van der Waals surface area contributed by atoms with E-state index in [2.05, 4.69) is 24.4 Å². The molecule has 2 aromatic carbocycles. The Labute approximate surface area is 167 Å². The summed E-state index contributed by atoms with van der Waals surface area (Å²) in [5, 5.41) is 2.93. The standard InChI is InChI=1S/C23H29N3O2/c1-2-15-25(17-19-10-5-3-6-11-19)22(27)20-12-9-16-26(18-20)23(28)24-21-13-7-4-8-14-21/h3-8,10-11,13-14,20H,2,9,12,15-18H2,1H3,(H,24,28). The number of amides is 3. The van der Waals surface area contributed by atoms with Gasteiger partial charge < -0.3 is 15.1 Å². The zero-order chi connectivity index (χ0) is 19.8. The minimum absolute atomic E-state index is 0.131. The Morgan fingerprint density at radius 2 is 1.75 bits per heavy atom. The highest BCUT2D eigenvalue weighted by Gasteiger charge is 2.31. The van der Waals surface area contributed by atoms with Gasteiger partial charge in [0.2, 0.25) is 5.91 Å². The second-order valence-electron chi connectivity index (χ2n) is 7.33. The second-order valence-corrected chi connectivity index (χ2v) is 7.33. The van der Waals surface area contributed by atoms with E-state index in [0.717, 1.165) is 37.1 Å². The van der Waals surface area contributed by atoms with Crippen molar-refractivity contribution in [2.24, 2.45) is 5.92 Å². The summed E-state index contributed by atoms with van der Waals surface area (Å²) in [5.74, 6) is 0.0217. The van der Waals surface area contributed by atoms with E-state index in [1.54, 1.807) is 4.90 Å². The Kier molecular flexibility index (Phi) is 7.06. The fraction of sp³-hybridized carbons (Fsp3) is 0.391. The Hall–Kier alpha value is -2.82. The van der Waals surface area contributed by atoms with Crippen LogP contribution < -0.4 is 5.32 Å².